The molecule has 30 heavy (non-hydrogen) atoms. The summed E-state index contributed by atoms with van der Waals surface area (Å²) in [6.45, 7) is 0.807. The van der Waals surface area contributed by atoms with Gasteiger partial charge in [0.2, 0.25) is 0 Å². The molecular formula is C21H19F5N2O2. The van der Waals surface area contributed by atoms with E-state index in [1.807, 2.05) is 0 Å². The van der Waals surface area contributed by atoms with E-state index in [1.54, 1.807) is 28.0 Å². The summed E-state index contributed by atoms with van der Waals surface area (Å²) in [5, 5.41) is 0. The number of amides is 1. The molecule has 1 fully saturated rings. The average Bonchev–Trinajstić information content (AvgIpc) is 2.83. The van der Waals surface area contributed by atoms with Gasteiger partial charge >= 0.3 is 6.18 Å². The molecule has 0 aromatic heterocycles. The second kappa shape index (κ2) is 7.86. The molecule has 9 heteroatoms. The van der Waals surface area contributed by atoms with Crippen molar-refractivity contribution in [2.45, 2.75) is 18.6 Å². The first kappa shape index (κ1) is 20.6. The van der Waals surface area contributed by atoms with Crippen molar-refractivity contribution in [1.29, 1.82) is 0 Å². The van der Waals surface area contributed by atoms with Gasteiger partial charge in [-0.15, -0.1) is 0 Å². The quantitative estimate of drug-likeness (QED) is 0.692. The van der Waals surface area contributed by atoms with Crippen molar-refractivity contribution in [2.75, 3.05) is 32.8 Å². The van der Waals surface area contributed by atoms with Crippen LogP contribution >= 0.6 is 0 Å². The van der Waals surface area contributed by atoms with E-state index in [9.17, 15) is 26.7 Å². The molecule has 2 aliphatic rings. The van der Waals surface area contributed by atoms with Crippen LogP contribution in [-0.4, -0.2) is 61.0 Å². The minimum Gasteiger partial charge on any atom is -0.491 e. The van der Waals surface area contributed by atoms with Gasteiger partial charge in [0.25, 0.3) is 12.3 Å². The summed E-state index contributed by atoms with van der Waals surface area (Å²) in [6.07, 6.45) is -6.86. The molecule has 2 heterocycles. The molecule has 2 aliphatic heterocycles. The van der Waals surface area contributed by atoms with Gasteiger partial charge in [-0.25, -0.2) is 8.78 Å². The van der Waals surface area contributed by atoms with Crippen molar-refractivity contribution in [3.63, 3.8) is 0 Å². The topological polar surface area (TPSA) is 32.8 Å². The maximum atomic E-state index is 13.1. The normalized spacial score (nSPS) is 19.9. The Kier molecular flexibility index (Phi) is 5.40. The summed E-state index contributed by atoms with van der Waals surface area (Å²) in [4.78, 5) is 16.3. The minimum absolute atomic E-state index is 0.193. The summed E-state index contributed by atoms with van der Waals surface area (Å²) in [5.41, 5.74) is 0.706. The van der Waals surface area contributed by atoms with E-state index >= 15 is 0 Å². The van der Waals surface area contributed by atoms with E-state index in [1.165, 1.54) is 12.1 Å². The first-order valence-corrected chi connectivity index (χ1v) is 9.48. The minimum atomic E-state index is -4.42. The zero-order valence-corrected chi connectivity index (χ0v) is 15.8. The number of halogens is 5. The Balaban J connectivity index is 1.58. The van der Waals surface area contributed by atoms with Crippen LogP contribution in [0.3, 0.4) is 0 Å². The van der Waals surface area contributed by atoms with Crippen molar-refractivity contribution < 1.29 is 31.5 Å². The Morgan fingerprint density at radius 2 is 1.73 bits per heavy atom. The third-order valence-electron chi connectivity index (χ3n) is 5.41. The van der Waals surface area contributed by atoms with Crippen LogP contribution in [0.25, 0.3) is 11.1 Å². The maximum Gasteiger partial charge on any atom is 0.416 e. The van der Waals surface area contributed by atoms with Gasteiger partial charge in [-0.2, -0.15) is 13.2 Å². The van der Waals surface area contributed by atoms with Gasteiger partial charge in [-0.3, -0.25) is 9.69 Å². The number of carbonyl (C=O) groups is 1. The molecule has 4 rings (SSSR count). The van der Waals surface area contributed by atoms with Gasteiger partial charge in [0.05, 0.1) is 23.7 Å². The van der Waals surface area contributed by atoms with Gasteiger partial charge in [0.15, 0.2) is 0 Å². The van der Waals surface area contributed by atoms with Gasteiger partial charge in [-0.05, 0) is 35.4 Å². The lowest BCUT2D eigenvalue weighted by molar-refractivity contribution is -0.137. The van der Waals surface area contributed by atoms with E-state index in [4.69, 9.17) is 4.74 Å². The van der Waals surface area contributed by atoms with Crippen LogP contribution < -0.4 is 4.74 Å². The predicted molar refractivity (Wildman–Crippen MR) is 99.6 cm³/mol. The van der Waals surface area contributed by atoms with E-state index in [0.29, 0.717) is 42.1 Å². The highest BCUT2D eigenvalue weighted by Crippen LogP contribution is 2.34. The first-order chi connectivity index (χ1) is 14.2. The number of carbonyl (C=O) groups excluding carboxylic acids is 1. The smallest absolute Gasteiger partial charge is 0.416 e. The zero-order valence-electron chi connectivity index (χ0n) is 15.8. The Morgan fingerprint density at radius 1 is 1.03 bits per heavy atom. The van der Waals surface area contributed by atoms with E-state index in [0.717, 1.165) is 12.1 Å². The average molecular weight is 426 g/mol. The highest BCUT2D eigenvalue weighted by Gasteiger charge is 2.36. The summed E-state index contributed by atoms with van der Waals surface area (Å²) < 4.78 is 69.5. The number of piperazine rings is 1. The molecule has 2 aromatic carbocycles. The predicted octanol–water partition coefficient (Wildman–Crippen LogP) is 4.16. The van der Waals surface area contributed by atoms with E-state index < -0.39 is 18.2 Å². The molecular weight excluding hydrogens is 407 g/mol. The Hall–Kier alpha value is -2.68. The second-order valence-corrected chi connectivity index (χ2v) is 7.40. The maximum absolute atomic E-state index is 13.1. The highest BCUT2D eigenvalue weighted by atomic mass is 19.4. The lowest BCUT2D eigenvalue weighted by Gasteiger charge is -2.39. The summed E-state index contributed by atoms with van der Waals surface area (Å²) >= 11 is 0. The molecule has 0 aliphatic carbocycles. The van der Waals surface area contributed by atoms with Crippen molar-refractivity contribution in [3.8, 4) is 16.9 Å². The highest BCUT2D eigenvalue weighted by molar-refractivity contribution is 5.99. The molecule has 0 spiro atoms. The van der Waals surface area contributed by atoms with Gasteiger partial charge in [-0.1, -0.05) is 18.2 Å². The molecule has 4 nitrogen and oxygen atoms in total. The number of ether oxygens (including phenoxy) is 1. The summed E-state index contributed by atoms with van der Waals surface area (Å²) in [6, 6.07) is 9.28. The lowest BCUT2D eigenvalue weighted by atomic mass is 10.00. The molecule has 160 valence electrons. The monoisotopic (exact) mass is 426 g/mol. The standard InChI is InChI=1S/C21H19F5N2O2/c22-19(23)11-27-7-8-28-16(10-27)12-30-18-6-3-14(9-17(18)20(28)29)13-1-4-15(5-2-13)21(24,25)26/h1-6,9,16,19H,7-8,10-12H2/t16-/m1/s1. The fourth-order valence-electron chi connectivity index (χ4n) is 3.89. The summed E-state index contributed by atoms with van der Waals surface area (Å²) in [7, 11) is 0. The second-order valence-electron chi connectivity index (χ2n) is 7.40. The van der Waals surface area contributed by atoms with Crippen LogP contribution in [0.1, 0.15) is 15.9 Å². The Morgan fingerprint density at radius 3 is 2.40 bits per heavy atom. The van der Waals surface area contributed by atoms with E-state index in [2.05, 4.69) is 0 Å². The van der Waals surface area contributed by atoms with Crippen molar-refractivity contribution >= 4 is 5.91 Å². The zero-order chi connectivity index (χ0) is 21.5. The molecule has 0 radical (unpaired) electrons. The van der Waals surface area contributed by atoms with Crippen molar-refractivity contribution in [3.05, 3.63) is 53.6 Å². The van der Waals surface area contributed by atoms with Crippen LogP contribution in [0.4, 0.5) is 22.0 Å². The number of hydrogen-bond donors (Lipinski definition) is 0. The van der Waals surface area contributed by atoms with Crippen molar-refractivity contribution in [2.24, 2.45) is 0 Å². The van der Waals surface area contributed by atoms with Crippen LogP contribution in [-0.2, 0) is 6.18 Å². The number of alkyl halides is 5. The van der Waals surface area contributed by atoms with Crippen molar-refractivity contribution in [1.82, 2.24) is 9.80 Å². The molecule has 0 N–H and O–H groups in total. The lowest BCUT2D eigenvalue weighted by Crippen LogP contribution is -2.57. The molecule has 1 amide bonds. The van der Waals surface area contributed by atoms with Crippen LogP contribution in [0.5, 0.6) is 5.75 Å². The molecule has 1 saturated heterocycles. The number of fused-ring (bicyclic) bond motifs is 2. The number of hydrogen-bond acceptors (Lipinski definition) is 3. The molecule has 2 aromatic rings. The largest absolute Gasteiger partial charge is 0.491 e. The fraction of sp³-hybridized carbons (Fsp3) is 0.381. The van der Waals surface area contributed by atoms with Gasteiger partial charge in [0.1, 0.15) is 12.4 Å². The van der Waals surface area contributed by atoms with Gasteiger partial charge < -0.3 is 9.64 Å². The third kappa shape index (κ3) is 4.12. The molecule has 0 saturated carbocycles. The number of rotatable bonds is 3. The molecule has 1 atom stereocenters. The van der Waals surface area contributed by atoms with Gasteiger partial charge in [0, 0.05) is 19.6 Å². The molecule has 0 unspecified atom stereocenters. The Labute approximate surface area is 169 Å². The Bertz CT molecular complexity index is 930. The first-order valence-electron chi connectivity index (χ1n) is 9.48. The van der Waals surface area contributed by atoms with Crippen LogP contribution in [0.15, 0.2) is 42.5 Å². The summed E-state index contributed by atoms with van der Waals surface area (Å²) in [5.74, 6) is 0.114. The third-order valence-corrected chi connectivity index (χ3v) is 5.41. The molecule has 0 bridgehead atoms. The van der Waals surface area contributed by atoms with Crippen LogP contribution in [0.2, 0.25) is 0 Å². The van der Waals surface area contributed by atoms with Crippen LogP contribution in [0, 0.1) is 0 Å². The number of nitrogens with zero attached hydrogens (tertiary/aromatic N) is 2. The fourth-order valence-corrected chi connectivity index (χ4v) is 3.89. The SMILES string of the molecule is O=C1c2cc(-c3ccc(C(F)(F)F)cc3)ccc2OC[C@H]2CN(CC(F)F)CCN12. The van der Waals surface area contributed by atoms with E-state index in [-0.39, 0.29) is 25.1 Å². The number of benzene rings is 2.